The SMILES string of the molecule is CC(C)(C)C1CCCCC1NC(=O)CC1CCCNC1. The van der Waals surface area contributed by atoms with Crippen LogP contribution >= 0.6 is 0 Å². The Morgan fingerprint density at radius 2 is 1.90 bits per heavy atom. The summed E-state index contributed by atoms with van der Waals surface area (Å²) < 4.78 is 0. The first-order chi connectivity index (χ1) is 9.47. The van der Waals surface area contributed by atoms with Gasteiger partial charge in [-0.15, -0.1) is 0 Å². The molecule has 2 fully saturated rings. The van der Waals surface area contributed by atoms with E-state index in [1.807, 2.05) is 0 Å². The molecule has 1 aliphatic carbocycles. The lowest BCUT2D eigenvalue weighted by atomic mass is 9.69. The maximum Gasteiger partial charge on any atom is 0.220 e. The molecule has 0 spiro atoms. The van der Waals surface area contributed by atoms with Crippen LogP contribution in [0.4, 0.5) is 0 Å². The second-order valence-electron chi connectivity index (χ2n) is 7.85. The van der Waals surface area contributed by atoms with Crippen LogP contribution in [0.15, 0.2) is 0 Å². The van der Waals surface area contributed by atoms with Gasteiger partial charge in [0.2, 0.25) is 5.91 Å². The van der Waals surface area contributed by atoms with Gasteiger partial charge in [-0.2, -0.15) is 0 Å². The number of rotatable bonds is 3. The number of nitrogens with one attached hydrogen (secondary N) is 2. The van der Waals surface area contributed by atoms with Crippen LogP contribution in [-0.4, -0.2) is 25.0 Å². The third kappa shape index (κ3) is 4.47. The predicted molar refractivity (Wildman–Crippen MR) is 83.6 cm³/mol. The number of hydrogen-bond acceptors (Lipinski definition) is 2. The second kappa shape index (κ2) is 6.93. The first-order valence-electron chi connectivity index (χ1n) is 8.47. The topological polar surface area (TPSA) is 41.1 Å². The molecule has 1 heterocycles. The van der Waals surface area contributed by atoms with E-state index in [-0.39, 0.29) is 5.91 Å². The molecule has 2 aliphatic rings. The zero-order chi connectivity index (χ0) is 14.6. The molecule has 0 aromatic heterocycles. The van der Waals surface area contributed by atoms with Crippen molar-refractivity contribution in [2.75, 3.05) is 13.1 Å². The van der Waals surface area contributed by atoms with Crippen LogP contribution in [0.5, 0.6) is 0 Å². The first kappa shape index (κ1) is 15.8. The molecule has 1 saturated heterocycles. The van der Waals surface area contributed by atoms with Crippen LogP contribution < -0.4 is 10.6 Å². The van der Waals surface area contributed by atoms with Gasteiger partial charge in [-0.3, -0.25) is 4.79 Å². The highest BCUT2D eigenvalue weighted by molar-refractivity contribution is 5.76. The molecular formula is C17H32N2O. The Labute approximate surface area is 124 Å². The van der Waals surface area contributed by atoms with Crippen molar-refractivity contribution in [2.24, 2.45) is 17.3 Å². The first-order valence-corrected chi connectivity index (χ1v) is 8.47. The fraction of sp³-hybridized carbons (Fsp3) is 0.941. The molecule has 20 heavy (non-hydrogen) atoms. The number of amides is 1. The second-order valence-corrected chi connectivity index (χ2v) is 7.85. The molecule has 116 valence electrons. The van der Waals surface area contributed by atoms with Gasteiger partial charge in [0.1, 0.15) is 0 Å². The molecule has 1 amide bonds. The van der Waals surface area contributed by atoms with E-state index in [0.717, 1.165) is 19.5 Å². The molecule has 0 bridgehead atoms. The van der Waals surface area contributed by atoms with E-state index in [1.165, 1.54) is 32.1 Å². The highest BCUT2D eigenvalue weighted by Gasteiger charge is 2.35. The quantitative estimate of drug-likeness (QED) is 0.834. The highest BCUT2D eigenvalue weighted by Crippen LogP contribution is 2.38. The highest BCUT2D eigenvalue weighted by atomic mass is 16.1. The van der Waals surface area contributed by atoms with E-state index in [1.54, 1.807) is 0 Å². The minimum absolute atomic E-state index is 0.278. The lowest BCUT2D eigenvalue weighted by Gasteiger charge is -2.41. The molecular weight excluding hydrogens is 248 g/mol. The van der Waals surface area contributed by atoms with Crippen LogP contribution in [0, 0.1) is 17.3 Å². The van der Waals surface area contributed by atoms with Crippen molar-refractivity contribution in [3.05, 3.63) is 0 Å². The summed E-state index contributed by atoms with van der Waals surface area (Å²) in [6.45, 7) is 9.07. The van der Waals surface area contributed by atoms with Crippen molar-refractivity contribution in [3.63, 3.8) is 0 Å². The van der Waals surface area contributed by atoms with Gasteiger partial charge in [0.05, 0.1) is 0 Å². The minimum atomic E-state index is 0.278. The Hall–Kier alpha value is -0.570. The van der Waals surface area contributed by atoms with E-state index in [0.29, 0.717) is 29.7 Å². The van der Waals surface area contributed by atoms with E-state index in [2.05, 4.69) is 31.4 Å². The third-order valence-corrected chi connectivity index (χ3v) is 5.10. The van der Waals surface area contributed by atoms with Gasteiger partial charge in [0.15, 0.2) is 0 Å². The van der Waals surface area contributed by atoms with E-state index in [4.69, 9.17) is 0 Å². The standard InChI is InChI=1S/C17H32N2O/c1-17(2,3)14-8-4-5-9-15(14)19-16(20)11-13-7-6-10-18-12-13/h13-15,18H,4-12H2,1-3H3,(H,19,20). The lowest BCUT2D eigenvalue weighted by Crippen LogP contribution is -2.47. The van der Waals surface area contributed by atoms with Crippen molar-refractivity contribution in [3.8, 4) is 0 Å². The average Bonchev–Trinajstić information content (AvgIpc) is 2.39. The van der Waals surface area contributed by atoms with Crippen molar-refractivity contribution in [1.82, 2.24) is 10.6 Å². The summed E-state index contributed by atoms with van der Waals surface area (Å²) in [6.07, 6.45) is 8.14. The molecule has 0 aromatic carbocycles. The van der Waals surface area contributed by atoms with Crippen LogP contribution in [0.1, 0.15) is 65.7 Å². The molecule has 3 unspecified atom stereocenters. The summed E-state index contributed by atoms with van der Waals surface area (Å²) in [7, 11) is 0. The van der Waals surface area contributed by atoms with Crippen molar-refractivity contribution >= 4 is 5.91 Å². The number of piperidine rings is 1. The zero-order valence-electron chi connectivity index (χ0n) is 13.5. The van der Waals surface area contributed by atoms with Crippen molar-refractivity contribution < 1.29 is 4.79 Å². The fourth-order valence-electron chi connectivity index (χ4n) is 3.97. The van der Waals surface area contributed by atoms with E-state index in [9.17, 15) is 4.79 Å². The van der Waals surface area contributed by atoms with Crippen LogP contribution in [0.25, 0.3) is 0 Å². The van der Waals surface area contributed by atoms with Gasteiger partial charge in [0, 0.05) is 12.5 Å². The molecule has 2 N–H and O–H groups in total. The van der Waals surface area contributed by atoms with Crippen LogP contribution in [0.3, 0.4) is 0 Å². The van der Waals surface area contributed by atoms with Gasteiger partial charge >= 0.3 is 0 Å². The maximum atomic E-state index is 12.3. The molecule has 3 heteroatoms. The summed E-state index contributed by atoms with van der Waals surface area (Å²) >= 11 is 0. The summed E-state index contributed by atoms with van der Waals surface area (Å²) in [4.78, 5) is 12.3. The van der Waals surface area contributed by atoms with Crippen LogP contribution in [-0.2, 0) is 4.79 Å². The normalized spacial score (nSPS) is 31.9. The summed E-state index contributed by atoms with van der Waals surface area (Å²) in [5.41, 5.74) is 0.296. The Balaban J connectivity index is 1.84. The summed E-state index contributed by atoms with van der Waals surface area (Å²) in [5.74, 6) is 1.45. The van der Waals surface area contributed by atoms with E-state index >= 15 is 0 Å². The largest absolute Gasteiger partial charge is 0.353 e. The van der Waals surface area contributed by atoms with Crippen molar-refractivity contribution in [1.29, 1.82) is 0 Å². The zero-order valence-corrected chi connectivity index (χ0v) is 13.5. The monoisotopic (exact) mass is 280 g/mol. The summed E-state index contributed by atoms with van der Waals surface area (Å²) in [5, 5.41) is 6.75. The Morgan fingerprint density at radius 3 is 2.55 bits per heavy atom. The van der Waals surface area contributed by atoms with E-state index < -0.39 is 0 Å². The lowest BCUT2D eigenvalue weighted by molar-refractivity contribution is -0.123. The molecule has 3 nitrogen and oxygen atoms in total. The maximum absolute atomic E-state index is 12.3. The molecule has 0 radical (unpaired) electrons. The number of carbonyl (C=O) groups excluding carboxylic acids is 1. The minimum Gasteiger partial charge on any atom is -0.353 e. The van der Waals surface area contributed by atoms with Gasteiger partial charge in [-0.1, -0.05) is 33.6 Å². The van der Waals surface area contributed by atoms with Gasteiger partial charge in [0.25, 0.3) is 0 Å². The predicted octanol–water partition coefficient (Wildman–Crippen LogP) is 3.10. The van der Waals surface area contributed by atoms with Gasteiger partial charge in [-0.05, 0) is 56.0 Å². The Bertz CT molecular complexity index is 315. The molecule has 1 saturated carbocycles. The smallest absolute Gasteiger partial charge is 0.220 e. The molecule has 1 aliphatic heterocycles. The fourth-order valence-corrected chi connectivity index (χ4v) is 3.97. The Kier molecular flexibility index (Phi) is 5.48. The van der Waals surface area contributed by atoms with Crippen LogP contribution in [0.2, 0.25) is 0 Å². The summed E-state index contributed by atoms with van der Waals surface area (Å²) in [6, 6.07) is 0.396. The molecule has 3 atom stereocenters. The number of carbonyl (C=O) groups is 1. The van der Waals surface area contributed by atoms with Crippen molar-refractivity contribution in [2.45, 2.75) is 71.8 Å². The third-order valence-electron chi connectivity index (χ3n) is 5.10. The number of hydrogen-bond donors (Lipinski definition) is 2. The Morgan fingerprint density at radius 1 is 1.15 bits per heavy atom. The molecule has 0 aromatic rings. The average molecular weight is 280 g/mol. The van der Waals surface area contributed by atoms with Gasteiger partial charge in [-0.25, -0.2) is 0 Å². The van der Waals surface area contributed by atoms with Gasteiger partial charge < -0.3 is 10.6 Å². The molecule has 2 rings (SSSR count).